The molecular weight excluding hydrogens is 270 g/mol. The number of H-pyrrole nitrogens is 1. The lowest BCUT2D eigenvalue weighted by atomic mass is 10.2. The lowest BCUT2D eigenvalue weighted by Gasteiger charge is -2.04. The first-order valence-corrected chi connectivity index (χ1v) is 5.79. The molecule has 0 radical (unpaired) electrons. The lowest BCUT2D eigenvalue weighted by molar-refractivity contribution is -0.384. The number of nitro groups is 1. The van der Waals surface area contributed by atoms with Crippen LogP contribution in [0.5, 0.6) is 0 Å². The molecule has 0 unspecified atom stereocenters. The van der Waals surface area contributed by atoms with Crippen LogP contribution < -0.4 is 5.32 Å². The summed E-state index contributed by atoms with van der Waals surface area (Å²) in [7, 11) is 0. The van der Waals surface area contributed by atoms with E-state index in [0.29, 0.717) is 6.54 Å². The average molecular weight is 280 g/mol. The second-order valence-electron chi connectivity index (χ2n) is 3.86. The number of nitro benzene ring substituents is 1. The summed E-state index contributed by atoms with van der Waals surface area (Å²) in [5.74, 6) is -0.410. The maximum absolute atomic E-state index is 11.9. The van der Waals surface area contributed by atoms with Crippen LogP contribution >= 0.6 is 11.6 Å². The van der Waals surface area contributed by atoms with Gasteiger partial charge >= 0.3 is 0 Å². The van der Waals surface area contributed by atoms with Gasteiger partial charge in [0.25, 0.3) is 11.6 Å². The van der Waals surface area contributed by atoms with E-state index >= 15 is 0 Å². The van der Waals surface area contributed by atoms with Gasteiger partial charge in [-0.2, -0.15) is 0 Å². The zero-order valence-electron chi connectivity index (χ0n) is 9.72. The average Bonchev–Trinajstić information content (AvgIpc) is 2.88. The number of nitrogens with one attached hydrogen (secondary N) is 2. The molecule has 6 nitrogen and oxygen atoms in total. The maximum atomic E-state index is 11.9. The van der Waals surface area contributed by atoms with Crippen molar-refractivity contribution in [3.8, 4) is 0 Å². The van der Waals surface area contributed by atoms with Gasteiger partial charge in [0, 0.05) is 41.7 Å². The summed E-state index contributed by atoms with van der Waals surface area (Å²) >= 11 is 5.75. The van der Waals surface area contributed by atoms with Crippen LogP contribution in [-0.4, -0.2) is 15.8 Å². The Morgan fingerprint density at radius 3 is 2.84 bits per heavy atom. The summed E-state index contributed by atoms with van der Waals surface area (Å²) in [6.45, 7) is 0.336. The Morgan fingerprint density at radius 1 is 1.42 bits per heavy atom. The summed E-state index contributed by atoms with van der Waals surface area (Å²) in [5, 5.41) is 13.5. The van der Waals surface area contributed by atoms with Crippen molar-refractivity contribution in [1.82, 2.24) is 10.3 Å². The highest BCUT2D eigenvalue weighted by Gasteiger charge is 2.13. The van der Waals surface area contributed by atoms with Crippen LogP contribution in [0.3, 0.4) is 0 Å². The molecule has 0 atom stereocenters. The van der Waals surface area contributed by atoms with Crippen molar-refractivity contribution in [3.63, 3.8) is 0 Å². The van der Waals surface area contributed by atoms with Crippen molar-refractivity contribution in [1.29, 1.82) is 0 Å². The smallest absolute Gasteiger partial charge is 0.271 e. The van der Waals surface area contributed by atoms with Crippen molar-refractivity contribution in [2.24, 2.45) is 0 Å². The summed E-state index contributed by atoms with van der Waals surface area (Å²) < 4.78 is 0. The molecule has 1 heterocycles. The molecule has 1 aromatic carbocycles. The minimum atomic E-state index is -0.588. The molecule has 7 heteroatoms. The molecule has 0 bridgehead atoms. The minimum Gasteiger partial charge on any atom is -0.367 e. The zero-order chi connectivity index (χ0) is 13.8. The monoisotopic (exact) mass is 279 g/mol. The van der Waals surface area contributed by atoms with E-state index in [2.05, 4.69) is 10.3 Å². The molecule has 0 saturated carbocycles. The van der Waals surface area contributed by atoms with Gasteiger partial charge in [0.15, 0.2) is 0 Å². The number of carbonyl (C=O) groups is 1. The number of amides is 1. The summed E-state index contributed by atoms with van der Waals surface area (Å²) in [6, 6.07) is 5.60. The number of halogens is 1. The van der Waals surface area contributed by atoms with E-state index in [1.807, 2.05) is 6.07 Å². The van der Waals surface area contributed by atoms with Crippen LogP contribution in [0.15, 0.2) is 36.7 Å². The van der Waals surface area contributed by atoms with Crippen molar-refractivity contribution < 1.29 is 9.72 Å². The van der Waals surface area contributed by atoms with Crippen LogP contribution in [0.4, 0.5) is 5.69 Å². The largest absolute Gasteiger partial charge is 0.367 e. The van der Waals surface area contributed by atoms with E-state index in [1.165, 1.54) is 18.2 Å². The van der Waals surface area contributed by atoms with Gasteiger partial charge in [0.2, 0.25) is 0 Å². The van der Waals surface area contributed by atoms with Crippen LogP contribution in [-0.2, 0) is 6.54 Å². The SMILES string of the molecule is O=C(NCc1cc[nH]c1)c1cc(Cl)cc([N+](=O)[O-])c1. The Hall–Kier alpha value is -2.34. The summed E-state index contributed by atoms with van der Waals surface area (Å²) in [5.41, 5.74) is 0.860. The highest BCUT2D eigenvalue weighted by molar-refractivity contribution is 6.31. The van der Waals surface area contributed by atoms with E-state index in [1.54, 1.807) is 12.4 Å². The van der Waals surface area contributed by atoms with Crippen LogP contribution in [0.25, 0.3) is 0 Å². The molecule has 98 valence electrons. The molecule has 0 aliphatic rings. The second-order valence-corrected chi connectivity index (χ2v) is 4.29. The Kier molecular flexibility index (Phi) is 3.82. The number of benzene rings is 1. The van der Waals surface area contributed by atoms with Crippen molar-refractivity contribution in [2.75, 3.05) is 0 Å². The predicted octanol–water partition coefficient (Wildman–Crippen LogP) is 2.51. The lowest BCUT2D eigenvalue weighted by Crippen LogP contribution is -2.22. The molecule has 0 aliphatic heterocycles. The molecule has 2 N–H and O–H groups in total. The van der Waals surface area contributed by atoms with Gasteiger partial charge in [0.05, 0.1) is 4.92 Å². The van der Waals surface area contributed by atoms with Crippen molar-refractivity contribution in [2.45, 2.75) is 6.54 Å². The second kappa shape index (κ2) is 5.53. The topological polar surface area (TPSA) is 88.0 Å². The van der Waals surface area contributed by atoms with Gasteiger partial charge in [-0.15, -0.1) is 0 Å². The number of carbonyl (C=O) groups excluding carboxylic acids is 1. The molecule has 2 rings (SSSR count). The zero-order valence-corrected chi connectivity index (χ0v) is 10.5. The first-order valence-electron chi connectivity index (χ1n) is 5.41. The van der Waals surface area contributed by atoms with Crippen molar-refractivity contribution >= 4 is 23.2 Å². The van der Waals surface area contributed by atoms with E-state index < -0.39 is 10.8 Å². The quantitative estimate of drug-likeness (QED) is 0.666. The van der Waals surface area contributed by atoms with E-state index in [0.717, 1.165) is 5.56 Å². The number of aromatic nitrogens is 1. The number of nitrogens with zero attached hydrogens (tertiary/aromatic N) is 1. The molecular formula is C12H10ClN3O3. The normalized spacial score (nSPS) is 10.2. The Morgan fingerprint density at radius 2 is 2.21 bits per heavy atom. The van der Waals surface area contributed by atoms with Gasteiger partial charge in [0.1, 0.15) is 0 Å². The third kappa shape index (κ3) is 3.32. The molecule has 0 fully saturated rings. The fourth-order valence-corrected chi connectivity index (χ4v) is 1.79. The Balaban J connectivity index is 2.12. The maximum Gasteiger partial charge on any atom is 0.271 e. The minimum absolute atomic E-state index is 0.154. The molecule has 2 aromatic rings. The molecule has 0 aliphatic carbocycles. The molecule has 0 spiro atoms. The fraction of sp³-hybridized carbons (Fsp3) is 0.0833. The van der Waals surface area contributed by atoms with Crippen LogP contribution in [0.1, 0.15) is 15.9 Å². The Labute approximate surface area is 113 Å². The van der Waals surface area contributed by atoms with E-state index in [4.69, 9.17) is 11.6 Å². The predicted molar refractivity (Wildman–Crippen MR) is 70.1 cm³/mol. The number of rotatable bonds is 4. The highest BCUT2D eigenvalue weighted by atomic mass is 35.5. The van der Waals surface area contributed by atoms with Gasteiger partial charge in [-0.25, -0.2) is 0 Å². The first kappa shape index (κ1) is 13.1. The van der Waals surface area contributed by atoms with E-state index in [-0.39, 0.29) is 16.3 Å². The van der Waals surface area contributed by atoms with Gasteiger partial charge in [-0.3, -0.25) is 14.9 Å². The molecule has 1 amide bonds. The van der Waals surface area contributed by atoms with Crippen molar-refractivity contribution in [3.05, 3.63) is 62.9 Å². The number of non-ortho nitro benzene ring substituents is 1. The highest BCUT2D eigenvalue weighted by Crippen LogP contribution is 2.20. The Bertz CT molecular complexity index is 611. The molecule has 1 aromatic heterocycles. The van der Waals surface area contributed by atoms with Gasteiger partial charge in [-0.05, 0) is 17.7 Å². The number of aromatic amines is 1. The summed E-state index contributed by atoms with van der Waals surface area (Å²) in [4.78, 5) is 24.8. The number of hydrogen-bond acceptors (Lipinski definition) is 3. The van der Waals surface area contributed by atoms with Gasteiger partial charge < -0.3 is 10.3 Å². The fourth-order valence-electron chi connectivity index (χ4n) is 1.56. The molecule has 0 saturated heterocycles. The van der Waals surface area contributed by atoms with Crippen LogP contribution in [0.2, 0.25) is 5.02 Å². The summed E-state index contributed by atoms with van der Waals surface area (Å²) in [6.07, 6.45) is 3.49. The molecule has 19 heavy (non-hydrogen) atoms. The third-order valence-corrected chi connectivity index (χ3v) is 2.69. The first-order chi connectivity index (χ1) is 9.06. The van der Waals surface area contributed by atoms with E-state index in [9.17, 15) is 14.9 Å². The number of hydrogen-bond donors (Lipinski definition) is 2. The van der Waals surface area contributed by atoms with Gasteiger partial charge in [-0.1, -0.05) is 11.6 Å². The van der Waals surface area contributed by atoms with Crippen LogP contribution in [0, 0.1) is 10.1 Å². The standard InChI is InChI=1S/C12H10ClN3O3/c13-10-3-9(4-11(5-10)16(18)19)12(17)15-7-8-1-2-14-6-8/h1-6,14H,7H2,(H,15,17). The third-order valence-electron chi connectivity index (χ3n) is 2.47.